The van der Waals surface area contributed by atoms with Gasteiger partial charge in [0.1, 0.15) is 0 Å². The summed E-state index contributed by atoms with van der Waals surface area (Å²) < 4.78 is 2.05. The molecule has 2 unspecified atom stereocenters. The van der Waals surface area contributed by atoms with Gasteiger partial charge >= 0.3 is 0 Å². The first kappa shape index (κ1) is 14.0. The van der Waals surface area contributed by atoms with Crippen molar-refractivity contribution in [2.45, 2.75) is 19.4 Å². The molecule has 4 heteroatoms. The van der Waals surface area contributed by atoms with Crippen LogP contribution in [0.15, 0.2) is 24.5 Å². The Morgan fingerprint density at radius 1 is 1.32 bits per heavy atom. The highest BCUT2D eigenvalue weighted by Gasteiger charge is 2.20. The maximum absolute atomic E-state index is 4.45. The van der Waals surface area contributed by atoms with E-state index < -0.39 is 0 Å². The quantitative estimate of drug-likeness (QED) is 0.835. The SMILES string of the molecule is CCC(CNC)C(NC)c1ccc2c(c1)ncn2C. The zero-order valence-electron chi connectivity index (χ0n) is 12.3. The van der Waals surface area contributed by atoms with Crippen LogP contribution >= 0.6 is 0 Å². The second kappa shape index (κ2) is 6.17. The molecule has 0 aliphatic heterocycles. The van der Waals surface area contributed by atoms with Crippen LogP contribution in [0, 0.1) is 5.92 Å². The van der Waals surface area contributed by atoms with Crippen molar-refractivity contribution in [3.63, 3.8) is 0 Å². The number of fused-ring (bicyclic) bond motifs is 1. The number of nitrogens with one attached hydrogen (secondary N) is 2. The molecule has 1 heterocycles. The average Bonchev–Trinajstić information content (AvgIpc) is 2.80. The van der Waals surface area contributed by atoms with E-state index in [1.165, 1.54) is 11.1 Å². The van der Waals surface area contributed by atoms with Gasteiger partial charge in [-0.25, -0.2) is 4.98 Å². The van der Waals surface area contributed by atoms with Gasteiger partial charge in [0.25, 0.3) is 0 Å². The van der Waals surface area contributed by atoms with Crippen molar-refractivity contribution in [3.8, 4) is 0 Å². The molecule has 2 aromatic rings. The lowest BCUT2D eigenvalue weighted by Gasteiger charge is -2.26. The molecule has 2 rings (SSSR count). The summed E-state index contributed by atoms with van der Waals surface area (Å²) in [4.78, 5) is 4.45. The molecule has 0 spiro atoms. The Morgan fingerprint density at radius 2 is 2.11 bits per heavy atom. The lowest BCUT2D eigenvalue weighted by Crippen LogP contribution is -2.31. The summed E-state index contributed by atoms with van der Waals surface area (Å²) in [5.41, 5.74) is 3.57. The fourth-order valence-corrected chi connectivity index (χ4v) is 2.78. The third-order valence-corrected chi connectivity index (χ3v) is 3.88. The van der Waals surface area contributed by atoms with E-state index in [1.807, 2.05) is 27.5 Å². The Balaban J connectivity index is 2.34. The second-order valence-electron chi connectivity index (χ2n) is 5.10. The molecule has 2 atom stereocenters. The Bertz CT molecular complexity index is 532. The summed E-state index contributed by atoms with van der Waals surface area (Å²) in [6, 6.07) is 6.94. The Labute approximate surface area is 115 Å². The molecule has 2 N–H and O–H groups in total. The number of imidazole rings is 1. The van der Waals surface area contributed by atoms with E-state index in [4.69, 9.17) is 0 Å². The van der Waals surface area contributed by atoms with Crippen LogP contribution in [-0.4, -0.2) is 30.2 Å². The molecule has 0 saturated heterocycles. The van der Waals surface area contributed by atoms with E-state index in [2.05, 4.69) is 45.3 Å². The second-order valence-corrected chi connectivity index (χ2v) is 5.10. The van der Waals surface area contributed by atoms with E-state index in [0.29, 0.717) is 12.0 Å². The monoisotopic (exact) mass is 260 g/mol. The van der Waals surface area contributed by atoms with E-state index >= 15 is 0 Å². The van der Waals surface area contributed by atoms with E-state index in [-0.39, 0.29) is 0 Å². The van der Waals surface area contributed by atoms with Crippen LogP contribution in [-0.2, 0) is 7.05 Å². The number of benzene rings is 1. The van der Waals surface area contributed by atoms with E-state index in [9.17, 15) is 0 Å². The smallest absolute Gasteiger partial charge is 0.0955 e. The molecular formula is C15H24N4. The molecular weight excluding hydrogens is 236 g/mol. The average molecular weight is 260 g/mol. The van der Waals surface area contributed by atoms with Gasteiger partial charge < -0.3 is 15.2 Å². The third-order valence-electron chi connectivity index (χ3n) is 3.88. The summed E-state index contributed by atoms with van der Waals surface area (Å²) in [5, 5.41) is 6.74. The van der Waals surface area contributed by atoms with Crippen molar-refractivity contribution in [2.24, 2.45) is 13.0 Å². The van der Waals surface area contributed by atoms with Gasteiger partial charge in [-0.2, -0.15) is 0 Å². The minimum atomic E-state index is 0.365. The summed E-state index contributed by atoms with van der Waals surface area (Å²) in [6.07, 6.45) is 3.01. The zero-order chi connectivity index (χ0) is 13.8. The summed E-state index contributed by atoms with van der Waals surface area (Å²) in [6.45, 7) is 3.26. The Hall–Kier alpha value is -1.39. The maximum Gasteiger partial charge on any atom is 0.0955 e. The summed E-state index contributed by atoms with van der Waals surface area (Å²) >= 11 is 0. The number of aryl methyl sites for hydroxylation is 1. The zero-order valence-corrected chi connectivity index (χ0v) is 12.3. The van der Waals surface area contributed by atoms with Gasteiger partial charge in [0.2, 0.25) is 0 Å². The van der Waals surface area contributed by atoms with Crippen LogP contribution in [0.4, 0.5) is 0 Å². The maximum atomic E-state index is 4.45. The number of hydrogen-bond donors (Lipinski definition) is 2. The normalized spacial score (nSPS) is 14.7. The molecule has 4 nitrogen and oxygen atoms in total. The van der Waals surface area contributed by atoms with E-state index in [0.717, 1.165) is 18.5 Å². The molecule has 104 valence electrons. The van der Waals surface area contributed by atoms with Crippen molar-refractivity contribution in [1.82, 2.24) is 20.2 Å². The minimum absolute atomic E-state index is 0.365. The van der Waals surface area contributed by atoms with Gasteiger partial charge in [0.15, 0.2) is 0 Å². The minimum Gasteiger partial charge on any atom is -0.334 e. The Morgan fingerprint density at radius 3 is 2.74 bits per heavy atom. The van der Waals surface area contributed by atoms with Crippen LogP contribution in [0.1, 0.15) is 24.9 Å². The van der Waals surface area contributed by atoms with Crippen LogP contribution in [0.2, 0.25) is 0 Å². The first-order chi connectivity index (χ1) is 9.21. The van der Waals surface area contributed by atoms with Gasteiger partial charge in [-0.15, -0.1) is 0 Å². The molecule has 19 heavy (non-hydrogen) atoms. The third kappa shape index (κ3) is 2.80. The van der Waals surface area contributed by atoms with Crippen molar-refractivity contribution < 1.29 is 0 Å². The van der Waals surface area contributed by atoms with Gasteiger partial charge in [0, 0.05) is 13.1 Å². The van der Waals surface area contributed by atoms with Gasteiger partial charge in [0.05, 0.1) is 17.4 Å². The number of hydrogen-bond acceptors (Lipinski definition) is 3. The fraction of sp³-hybridized carbons (Fsp3) is 0.533. The number of nitrogens with zero attached hydrogens (tertiary/aromatic N) is 2. The summed E-state index contributed by atoms with van der Waals surface area (Å²) in [7, 11) is 6.07. The standard InChI is InChI=1S/C15H24N4/c1-5-11(9-16-2)15(17-3)12-6-7-14-13(8-12)18-10-19(14)4/h6-8,10-11,15-17H,5,9H2,1-4H3. The molecule has 0 bridgehead atoms. The van der Waals surface area contributed by atoms with Crippen LogP contribution in [0.25, 0.3) is 11.0 Å². The number of rotatable bonds is 6. The first-order valence-electron chi connectivity index (χ1n) is 6.94. The highest BCUT2D eigenvalue weighted by molar-refractivity contribution is 5.76. The van der Waals surface area contributed by atoms with Crippen molar-refractivity contribution in [3.05, 3.63) is 30.1 Å². The van der Waals surface area contributed by atoms with Crippen LogP contribution in [0.5, 0.6) is 0 Å². The van der Waals surface area contributed by atoms with Crippen molar-refractivity contribution in [1.29, 1.82) is 0 Å². The van der Waals surface area contributed by atoms with Gasteiger partial charge in [-0.1, -0.05) is 19.4 Å². The van der Waals surface area contributed by atoms with E-state index in [1.54, 1.807) is 0 Å². The highest BCUT2D eigenvalue weighted by atomic mass is 15.0. The van der Waals surface area contributed by atoms with Crippen molar-refractivity contribution >= 4 is 11.0 Å². The summed E-state index contributed by atoms with van der Waals surface area (Å²) in [5.74, 6) is 0.580. The molecule has 0 fully saturated rings. The molecule has 1 aromatic carbocycles. The topological polar surface area (TPSA) is 41.9 Å². The molecule has 0 radical (unpaired) electrons. The molecule has 0 saturated carbocycles. The van der Waals surface area contributed by atoms with Crippen molar-refractivity contribution in [2.75, 3.05) is 20.6 Å². The van der Waals surface area contributed by atoms with Crippen LogP contribution < -0.4 is 10.6 Å². The number of aromatic nitrogens is 2. The molecule has 1 aromatic heterocycles. The predicted molar refractivity (Wildman–Crippen MR) is 80.2 cm³/mol. The first-order valence-corrected chi connectivity index (χ1v) is 6.94. The largest absolute Gasteiger partial charge is 0.334 e. The molecule has 0 aliphatic carbocycles. The predicted octanol–water partition coefficient (Wildman–Crippen LogP) is 2.08. The molecule has 0 amide bonds. The van der Waals surface area contributed by atoms with Crippen LogP contribution in [0.3, 0.4) is 0 Å². The lowest BCUT2D eigenvalue weighted by molar-refractivity contribution is 0.360. The van der Waals surface area contributed by atoms with Gasteiger partial charge in [-0.05, 0) is 44.3 Å². The lowest BCUT2D eigenvalue weighted by atomic mass is 9.90. The fourth-order valence-electron chi connectivity index (χ4n) is 2.78. The Kier molecular flexibility index (Phi) is 4.56. The molecule has 0 aliphatic rings. The van der Waals surface area contributed by atoms with Gasteiger partial charge in [-0.3, -0.25) is 0 Å². The highest BCUT2D eigenvalue weighted by Crippen LogP contribution is 2.26.